The molecule has 4 nitrogen and oxygen atoms in total. The molecular formula is C12H18O4. The molecule has 1 atom stereocenters. The first-order valence-electron chi connectivity index (χ1n) is 5.28. The first kappa shape index (κ1) is 12.8. The summed E-state index contributed by atoms with van der Waals surface area (Å²) in [4.78, 5) is 0. The molecule has 90 valence electrons. The van der Waals surface area contributed by atoms with Crippen LogP contribution < -0.4 is 4.74 Å². The van der Waals surface area contributed by atoms with Crippen molar-refractivity contribution in [2.75, 3.05) is 20.3 Å². The lowest BCUT2D eigenvalue weighted by Crippen LogP contribution is -2.11. The number of rotatable bonds is 6. The number of aromatic hydroxyl groups is 1. The number of ether oxygens (including phenoxy) is 1. The minimum atomic E-state index is 0.0410. The Morgan fingerprint density at radius 1 is 1.31 bits per heavy atom. The lowest BCUT2D eigenvalue weighted by atomic mass is 9.97. The van der Waals surface area contributed by atoms with Crippen LogP contribution in [-0.4, -0.2) is 35.6 Å². The average Bonchev–Trinajstić information content (AvgIpc) is 2.30. The second-order valence-electron chi connectivity index (χ2n) is 3.77. The van der Waals surface area contributed by atoms with Crippen LogP contribution in [0.25, 0.3) is 0 Å². The van der Waals surface area contributed by atoms with Crippen molar-refractivity contribution < 1.29 is 20.1 Å². The van der Waals surface area contributed by atoms with E-state index in [2.05, 4.69) is 0 Å². The van der Waals surface area contributed by atoms with E-state index in [0.29, 0.717) is 18.6 Å². The normalized spacial score (nSPS) is 12.4. The first-order valence-corrected chi connectivity index (χ1v) is 5.28. The Balaban J connectivity index is 2.72. The smallest absolute Gasteiger partial charge is 0.160 e. The Morgan fingerprint density at radius 2 is 2.06 bits per heavy atom. The van der Waals surface area contributed by atoms with Crippen molar-refractivity contribution in [3.63, 3.8) is 0 Å². The Morgan fingerprint density at radius 3 is 2.62 bits per heavy atom. The molecule has 1 aromatic rings. The van der Waals surface area contributed by atoms with Gasteiger partial charge in [-0.25, -0.2) is 0 Å². The van der Waals surface area contributed by atoms with Crippen molar-refractivity contribution in [3.8, 4) is 11.5 Å². The van der Waals surface area contributed by atoms with Crippen LogP contribution in [-0.2, 0) is 6.42 Å². The average molecular weight is 226 g/mol. The Labute approximate surface area is 95.1 Å². The van der Waals surface area contributed by atoms with Gasteiger partial charge in [-0.3, -0.25) is 0 Å². The molecule has 0 aromatic heterocycles. The van der Waals surface area contributed by atoms with Gasteiger partial charge in [-0.05, 0) is 36.5 Å². The highest BCUT2D eigenvalue weighted by Gasteiger charge is 2.10. The summed E-state index contributed by atoms with van der Waals surface area (Å²) in [5, 5.41) is 27.3. The summed E-state index contributed by atoms with van der Waals surface area (Å²) in [6, 6.07) is 5.11. The number of aliphatic hydroxyl groups excluding tert-OH is 2. The van der Waals surface area contributed by atoms with Crippen LogP contribution in [0.15, 0.2) is 18.2 Å². The Hall–Kier alpha value is -1.26. The summed E-state index contributed by atoms with van der Waals surface area (Å²) in [5.41, 5.74) is 0.974. The van der Waals surface area contributed by atoms with E-state index < -0.39 is 0 Å². The predicted molar refractivity (Wildman–Crippen MR) is 60.6 cm³/mol. The van der Waals surface area contributed by atoms with E-state index in [-0.39, 0.29) is 24.9 Å². The fourth-order valence-corrected chi connectivity index (χ4v) is 1.62. The lowest BCUT2D eigenvalue weighted by molar-refractivity contribution is 0.183. The summed E-state index contributed by atoms with van der Waals surface area (Å²) < 4.78 is 5.00. The maximum Gasteiger partial charge on any atom is 0.160 e. The molecule has 4 heteroatoms. The SMILES string of the molecule is COc1cc(CC(CO)CCO)ccc1O. The molecule has 0 aliphatic carbocycles. The third kappa shape index (κ3) is 3.40. The molecular weight excluding hydrogens is 208 g/mol. The van der Waals surface area contributed by atoms with Gasteiger partial charge in [0, 0.05) is 13.2 Å². The van der Waals surface area contributed by atoms with Crippen LogP contribution in [0, 0.1) is 5.92 Å². The molecule has 1 aromatic carbocycles. The van der Waals surface area contributed by atoms with Crippen molar-refractivity contribution in [1.82, 2.24) is 0 Å². The molecule has 0 saturated heterocycles. The van der Waals surface area contributed by atoms with Gasteiger partial charge in [0.25, 0.3) is 0 Å². The molecule has 0 heterocycles. The maximum atomic E-state index is 9.42. The molecule has 0 saturated carbocycles. The van der Waals surface area contributed by atoms with Crippen molar-refractivity contribution in [2.45, 2.75) is 12.8 Å². The summed E-state index contributed by atoms with van der Waals surface area (Å²) >= 11 is 0. The molecule has 1 rings (SSSR count). The molecule has 0 spiro atoms. The molecule has 0 aliphatic rings. The highest BCUT2D eigenvalue weighted by atomic mass is 16.5. The van der Waals surface area contributed by atoms with Crippen LogP contribution in [0.5, 0.6) is 11.5 Å². The fourth-order valence-electron chi connectivity index (χ4n) is 1.62. The molecule has 1 unspecified atom stereocenters. The molecule has 0 aliphatic heterocycles. The van der Waals surface area contributed by atoms with Crippen molar-refractivity contribution >= 4 is 0 Å². The topological polar surface area (TPSA) is 69.9 Å². The molecule has 3 N–H and O–H groups in total. The highest BCUT2D eigenvalue weighted by Crippen LogP contribution is 2.27. The van der Waals surface area contributed by atoms with Crippen molar-refractivity contribution in [1.29, 1.82) is 0 Å². The maximum absolute atomic E-state index is 9.42. The van der Waals surface area contributed by atoms with Crippen LogP contribution in [0.2, 0.25) is 0 Å². The van der Waals surface area contributed by atoms with Crippen LogP contribution in [0.4, 0.5) is 0 Å². The van der Waals surface area contributed by atoms with Crippen LogP contribution in [0.1, 0.15) is 12.0 Å². The van der Waals surface area contributed by atoms with Crippen molar-refractivity contribution in [2.24, 2.45) is 5.92 Å². The highest BCUT2D eigenvalue weighted by molar-refractivity contribution is 5.41. The van der Waals surface area contributed by atoms with E-state index in [1.807, 2.05) is 0 Å². The standard InChI is InChI=1S/C12H18O4/c1-16-12-7-9(2-3-11(12)15)6-10(8-14)4-5-13/h2-3,7,10,13-15H,4-6,8H2,1H3. The van der Waals surface area contributed by atoms with Crippen molar-refractivity contribution in [3.05, 3.63) is 23.8 Å². The van der Waals surface area contributed by atoms with Gasteiger partial charge in [0.2, 0.25) is 0 Å². The van der Waals surface area contributed by atoms with Gasteiger partial charge < -0.3 is 20.1 Å². The molecule has 0 bridgehead atoms. The lowest BCUT2D eigenvalue weighted by Gasteiger charge is -2.13. The van der Waals surface area contributed by atoms with Crippen LogP contribution >= 0.6 is 0 Å². The zero-order valence-electron chi connectivity index (χ0n) is 9.39. The van der Waals surface area contributed by atoms with E-state index in [1.54, 1.807) is 18.2 Å². The fraction of sp³-hybridized carbons (Fsp3) is 0.500. The van der Waals surface area contributed by atoms with E-state index in [4.69, 9.17) is 14.9 Å². The zero-order chi connectivity index (χ0) is 12.0. The summed E-state index contributed by atoms with van der Waals surface area (Å²) in [7, 11) is 1.50. The van der Waals surface area contributed by atoms with Gasteiger partial charge in [0.05, 0.1) is 7.11 Å². The number of aliphatic hydroxyl groups is 2. The van der Waals surface area contributed by atoms with E-state index >= 15 is 0 Å². The summed E-state index contributed by atoms with van der Waals surface area (Å²) in [6.07, 6.45) is 1.23. The van der Waals surface area contributed by atoms with E-state index in [9.17, 15) is 5.11 Å². The third-order valence-corrected chi connectivity index (χ3v) is 2.56. The summed E-state index contributed by atoms with van der Waals surface area (Å²) in [6.45, 7) is 0.115. The van der Waals surface area contributed by atoms with Crippen LogP contribution in [0.3, 0.4) is 0 Å². The van der Waals surface area contributed by atoms with Gasteiger partial charge in [-0.15, -0.1) is 0 Å². The van der Waals surface area contributed by atoms with E-state index in [0.717, 1.165) is 5.56 Å². The number of phenols is 1. The minimum Gasteiger partial charge on any atom is -0.504 e. The molecule has 0 radical (unpaired) electrons. The van der Waals surface area contributed by atoms with Gasteiger partial charge in [-0.1, -0.05) is 6.07 Å². The number of methoxy groups -OCH3 is 1. The largest absolute Gasteiger partial charge is 0.504 e. The second-order valence-corrected chi connectivity index (χ2v) is 3.77. The quantitative estimate of drug-likeness (QED) is 0.675. The van der Waals surface area contributed by atoms with Gasteiger partial charge >= 0.3 is 0 Å². The number of hydrogen-bond donors (Lipinski definition) is 3. The monoisotopic (exact) mass is 226 g/mol. The number of hydrogen-bond acceptors (Lipinski definition) is 4. The Bertz CT molecular complexity index is 325. The van der Waals surface area contributed by atoms with E-state index in [1.165, 1.54) is 7.11 Å². The molecule has 16 heavy (non-hydrogen) atoms. The van der Waals surface area contributed by atoms with Gasteiger partial charge in [0.15, 0.2) is 11.5 Å². The third-order valence-electron chi connectivity index (χ3n) is 2.56. The second kappa shape index (κ2) is 6.35. The first-order chi connectivity index (χ1) is 7.71. The predicted octanol–water partition coefficient (Wildman–Crippen LogP) is 0.934. The minimum absolute atomic E-state index is 0.0410. The number of phenolic OH excluding ortho intramolecular Hbond substituents is 1. The van der Waals surface area contributed by atoms with Gasteiger partial charge in [0.1, 0.15) is 0 Å². The van der Waals surface area contributed by atoms with Gasteiger partial charge in [-0.2, -0.15) is 0 Å². The zero-order valence-corrected chi connectivity index (χ0v) is 9.39. The summed E-state index contributed by atoms with van der Waals surface area (Å²) in [5.74, 6) is 0.575. The Kier molecular flexibility index (Phi) is 5.08. The number of benzene rings is 1. The molecule has 0 amide bonds. The molecule has 0 fully saturated rings.